The summed E-state index contributed by atoms with van der Waals surface area (Å²) in [6.45, 7) is 0. The van der Waals surface area contributed by atoms with Crippen LogP contribution in [0.4, 0.5) is 4.39 Å². The zero-order valence-electron chi connectivity index (χ0n) is 5.43. The first-order chi connectivity index (χ1) is 4.84. The van der Waals surface area contributed by atoms with Gasteiger partial charge in [-0.3, -0.25) is 0 Å². The van der Waals surface area contributed by atoms with Gasteiger partial charge in [0, 0.05) is 5.33 Å². The monoisotopic (exact) mass is 202 g/mol. The van der Waals surface area contributed by atoms with E-state index in [1.807, 2.05) is 18.2 Å². The Kier molecular flexibility index (Phi) is 2.87. The molecule has 0 saturated heterocycles. The second kappa shape index (κ2) is 3.71. The lowest BCUT2D eigenvalue weighted by molar-refractivity contribution is 0.382. The van der Waals surface area contributed by atoms with Gasteiger partial charge in [0.2, 0.25) is 0 Å². The lowest BCUT2D eigenvalue weighted by atomic mass is 10.1. The van der Waals surface area contributed by atoms with Gasteiger partial charge >= 0.3 is 0 Å². The zero-order valence-corrected chi connectivity index (χ0v) is 7.01. The first kappa shape index (κ1) is 7.73. The van der Waals surface area contributed by atoms with Crippen molar-refractivity contribution in [1.82, 2.24) is 0 Å². The van der Waals surface area contributed by atoms with Crippen molar-refractivity contribution in [2.45, 2.75) is 6.17 Å². The topological polar surface area (TPSA) is 0 Å². The Morgan fingerprint density at radius 1 is 1.30 bits per heavy atom. The van der Waals surface area contributed by atoms with Gasteiger partial charge in [-0.25, -0.2) is 4.39 Å². The molecule has 1 aromatic rings. The molecule has 0 aliphatic heterocycles. The van der Waals surface area contributed by atoms with Crippen LogP contribution in [0.3, 0.4) is 0 Å². The molecule has 0 saturated carbocycles. The Balaban J connectivity index is 2.75. The maximum absolute atomic E-state index is 12.8. The molecule has 0 N–H and O–H groups in total. The van der Waals surface area contributed by atoms with E-state index in [0.717, 1.165) is 5.56 Å². The predicted octanol–water partition coefficient (Wildman–Crippen LogP) is 3.09. The molecule has 2 heteroatoms. The molecular formula is C8H8BrF. The Hall–Kier alpha value is -0.370. The molecule has 0 radical (unpaired) electrons. The summed E-state index contributed by atoms with van der Waals surface area (Å²) in [5.41, 5.74) is 0.736. The highest BCUT2D eigenvalue weighted by atomic mass is 79.9. The minimum atomic E-state index is -0.874. The molecule has 0 unspecified atom stereocenters. The lowest BCUT2D eigenvalue weighted by Crippen LogP contribution is -1.90. The zero-order chi connectivity index (χ0) is 7.40. The second-order valence-electron chi connectivity index (χ2n) is 2.03. The van der Waals surface area contributed by atoms with Crippen molar-refractivity contribution >= 4 is 15.9 Å². The van der Waals surface area contributed by atoms with Crippen LogP contribution in [0.5, 0.6) is 0 Å². The van der Waals surface area contributed by atoms with Crippen molar-refractivity contribution in [2.24, 2.45) is 0 Å². The first-order valence-electron chi connectivity index (χ1n) is 3.09. The SMILES string of the molecule is F[C@H](CBr)c1ccccc1. The summed E-state index contributed by atoms with van der Waals surface area (Å²) in [7, 11) is 0. The highest BCUT2D eigenvalue weighted by Crippen LogP contribution is 2.18. The quantitative estimate of drug-likeness (QED) is 0.648. The molecule has 0 bridgehead atoms. The number of alkyl halides is 2. The molecule has 0 amide bonds. The molecule has 10 heavy (non-hydrogen) atoms. The maximum atomic E-state index is 12.8. The van der Waals surface area contributed by atoms with Crippen molar-refractivity contribution in [1.29, 1.82) is 0 Å². The summed E-state index contributed by atoms with van der Waals surface area (Å²) in [6.07, 6.45) is -0.874. The summed E-state index contributed by atoms with van der Waals surface area (Å²) in [5.74, 6) is 0. The van der Waals surface area contributed by atoms with Crippen LogP contribution in [0.15, 0.2) is 30.3 Å². The number of benzene rings is 1. The van der Waals surface area contributed by atoms with Crippen LogP contribution < -0.4 is 0 Å². The summed E-state index contributed by atoms with van der Waals surface area (Å²) in [6, 6.07) is 9.12. The van der Waals surface area contributed by atoms with Crippen molar-refractivity contribution in [3.8, 4) is 0 Å². The maximum Gasteiger partial charge on any atom is 0.135 e. The molecule has 0 heterocycles. The molecule has 1 aromatic carbocycles. The molecule has 0 aliphatic rings. The molecule has 54 valence electrons. The Labute approximate surface area is 68.2 Å². The average molecular weight is 203 g/mol. The molecule has 0 spiro atoms. The van der Waals surface area contributed by atoms with Crippen LogP contribution >= 0.6 is 15.9 Å². The van der Waals surface area contributed by atoms with Gasteiger partial charge in [-0.05, 0) is 5.56 Å². The molecule has 0 fully saturated rings. The van der Waals surface area contributed by atoms with E-state index in [9.17, 15) is 4.39 Å². The normalized spacial score (nSPS) is 13.0. The van der Waals surface area contributed by atoms with Gasteiger partial charge in [-0.2, -0.15) is 0 Å². The average Bonchev–Trinajstić information content (AvgIpc) is 2.05. The highest BCUT2D eigenvalue weighted by molar-refractivity contribution is 9.09. The van der Waals surface area contributed by atoms with Gasteiger partial charge in [-0.1, -0.05) is 46.3 Å². The molecule has 0 aromatic heterocycles. The molecule has 1 atom stereocenters. The van der Waals surface area contributed by atoms with E-state index in [2.05, 4.69) is 15.9 Å². The standard InChI is InChI=1S/C8H8BrF/c9-6-8(10)7-4-2-1-3-5-7/h1-5,8H,6H2/t8-/m1/s1. The van der Waals surface area contributed by atoms with Gasteiger partial charge in [0.1, 0.15) is 6.17 Å². The largest absolute Gasteiger partial charge is 0.241 e. The number of hydrogen-bond acceptors (Lipinski definition) is 0. The minimum Gasteiger partial charge on any atom is -0.241 e. The smallest absolute Gasteiger partial charge is 0.135 e. The van der Waals surface area contributed by atoms with Crippen molar-refractivity contribution in [3.63, 3.8) is 0 Å². The second-order valence-corrected chi connectivity index (χ2v) is 2.68. The number of halogens is 2. The van der Waals surface area contributed by atoms with E-state index < -0.39 is 6.17 Å². The van der Waals surface area contributed by atoms with Crippen LogP contribution in [0.1, 0.15) is 11.7 Å². The fraction of sp³-hybridized carbons (Fsp3) is 0.250. The van der Waals surface area contributed by atoms with Crippen molar-refractivity contribution in [2.75, 3.05) is 5.33 Å². The number of rotatable bonds is 2. The third kappa shape index (κ3) is 1.81. The van der Waals surface area contributed by atoms with Crippen LogP contribution in [-0.2, 0) is 0 Å². The van der Waals surface area contributed by atoms with E-state index in [1.165, 1.54) is 0 Å². The molecular weight excluding hydrogens is 195 g/mol. The van der Waals surface area contributed by atoms with Gasteiger partial charge in [-0.15, -0.1) is 0 Å². The minimum absolute atomic E-state index is 0.372. The van der Waals surface area contributed by atoms with Crippen LogP contribution in [0, 0.1) is 0 Å². The van der Waals surface area contributed by atoms with Gasteiger partial charge in [0.05, 0.1) is 0 Å². The highest BCUT2D eigenvalue weighted by Gasteiger charge is 2.04. The van der Waals surface area contributed by atoms with Gasteiger partial charge in [0.15, 0.2) is 0 Å². The number of hydrogen-bond donors (Lipinski definition) is 0. The van der Waals surface area contributed by atoms with Crippen LogP contribution in [0.25, 0.3) is 0 Å². The van der Waals surface area contributed by atoms with E-state index in [0.29, 0.717) is 5.33 Å². The van der Waals surface area contributed by atoms with E-state index >= 15 is 0 Å². The van der Waals surface area contributed by atoms with Crippen molar-refractivity contribution < 1.29 is 4.39 Å². The molecule has 0 aliphatic carbocycles. The Bertz CT molecular complexity index is 186. The third-order valence-electron chi connectivity index (χ3n) is 1.30. The van der Waals surface area contributed by atoms with Crippen LogP contribution in [0.2, 0.25) is 0 Å². The van der Waals surface area contributed by atoms with Gasteiger partial charge < -0.3 is 0 Å². The summed E-state index contributed by atoms with van der Waals surface area (Å²) in [4.78, 5) is 0. The van der Waals surface area contributed by atoms with Crippen LogP contribution in [-0.4, -0.2) is 5.33 Å². The summed E-state index contributed by atoms with van der Waals surface area (Å²) >= 11 is 3.08. The Morgan fingerprint density at radius 2 is 1.90 bits per heavy atom. The fourth-order valence-electron chi connectivity index (χ4n) is 0.751. The first-order valence-corrected chi connectivity index (χ1v) is 4.21. The van der Waals surface area contributed by atoms with Gasteiger partial charge in [0.25, 0.3) is 0 Å². The Morgan fingerprint density at radius 3 is 2.40 bits per heavy atom. The fourth-order valence-corrected chi connectivity index (χ4v) is 1.12. The predicted molar refractivity (Wildman–Crippen MR) is 44.1 cm³/mol. The molecule has 1 rings (SSSR count). The molecule has 0 nitrogen and oxygen atoms in total. The summed E-state index contributed by atoms with van der Waals surface area (Å²) in [5, 5.41) is 0.372. The van der Waals surface area contributed by atoms with Crippen molar-refractivity contribution in [3.05, 3.63) is 35.9 Å². The third-order valence-corrected chi connectivity index (χ3v) is 1.87. The van der Waals surface area contributed by atoms with E-state index in [1.54, 1.807) is 12.1 Å². The lowest BCUT2D eigenvalue weighted by Gasteiger charge is -2.01. The summed E-state index contributed by atoms with van der Waals surface area (Å²) < 4.78 is 12.8. The van der Waals surface area contributed by atoms with E-state index in [-0.39, 0.29) is 0 Å². The van der Waals surface area contributed by atoms with E-state index in [4.69, 9.17) is 0 Å².